The first-order chi connectivity index (χ1) is 7.19. The summed E-state index contributed by atoms with van der Waals surface area (Å²) in [6, 6.07) is 3.72. The van der Waals surface area contributed by atoms with E-state index in [0.29, 0.717) is 5.92 Å². The van der Waals surface area contributed by atoms with Crippen LogP contribution in [0, 0.1) is 0 Å². The van der Waals surface area contributed by atoms with Crippen molar-refractivity contribution in [2.75, 3.05) is 0 Å². The van der Waals surface area contributed by atoms with Crippen molar-refractivity contribution in [2.45, 2.75) is 46.0 Å². The van der Waals surface area contributed by atoms with E-state index in [1.54, 1.807) is 19.2 Å². The van der Waals surface area contributed by atoms with Gasteiger partial charge in [-0.25, -0.2) is 0 Å². The number of nitrogens with zero attached hydrogens (tertiary/aromatic N) is 1. The highest BCUT2D eigenvalue weighted by Crippen LogP contribution is 2.23. The minimum atomic E-state index is 0.116. The van der Waals surface area contributed by atoms with E-state index < -0.39 is 0 Å². The van der Waals surface area contributed by atoms with Crippen LogP contribution in [0.4, 0.5) is 0 Å². The van der Waals surface area contributed by atoms with Gasteiger partial charge in [-0.1, -0.05) is 20.3 Å². The van der Waals surface area contributed by atoms with Gasteiger partial charge in [0.05, 0.1) is 0 Å². The minimum Gasteiger partial charge on any atom is -0.295 e. The Morgan fingerprint density at radius 1 is 1.47 bits per heavy atom. The first-order valence-corrected chi connectivity index (χ1v) is 5.65. The molecule has 0 aliphatic rings. The monoisotopic (exact) mass is 205 g/mol. The van der Waals surface area contributed by atoms with Crippen molar-refractivity contribution in [3.63, 3.8) is 0 Å². The number of hydrogen-bond donors (Lipinski definition) is 0. The van der Waals surface area contributed by atoms with Gasteiger partial charge in [0, 0.05) is 23.4 Å². The van der Waals surface area contributed by atoms with E-state index in [4.69, 9.17) is 0 Å². The van der Waals surface area contributed by atoms with Crippen LogP contribution in [0.1, 0.15) is 62.0 Å². The Bertz CT molecular complexity index is 333. The smallest absolute Gasteiger partial charge is 0.159 e. The third kappa shape index (κ3) is 3.15. The molecule has 0 saturated carbocycles. The molecule has 2 nitrogen and oxygen atoms in total. The van der Waals surface area contributed by atoms with Crippen LogP contribution >= 0.6 is 0 Å². The van der Waals surface area contributed by atoms with Crippen LogP contribution in [0.5, 0.6) is 0 Å². The standard InChI is InChI=1S/C13H19NO/c1-4-6-11(5-2)13-9-12(10(3)15)7-8-14-13/h7-9,11H,4-6H2,1-3H3. The van der Waals surface area contributed by atoms with Crippen LogP contribution in [0.2, 0.25) is 0 Å². The second-order valence-electron chi connectivity index (χ2n) is 3.92. The molecule has 1 unspecified atom stereocenters. The zero-order chi connectivity index (χ0) is 11.3. The van der Waals surface area contributed by atoms with E-state index >= 15 is 0 Å². The topological polar surface area (TPSA) is 30.0 Å². The number of hydrogen-bond acceptors (Lipinski definition) is 2. The predicted molar refractivity (Wildman–Crippen MR) is 62.2 cm³/mol. The second-order valence-corrected chi connectivity index (χ2v) is 3.92. The van der Waals surface area contributed by atoms with E-state index in [1.807, 2.05) is 6.07 Å². The van der Waals surface area contributed by atoms with Gasteiger partial charge in [0.2, 0.25) is 0 Å². The molecular weight excluding hydrogens is 186 g/mol. The van der Waals surface area contributed by atoms with E-state index in [2.05, 4.69) is 18.8 Å². The van der Waals surface area contributed by atoms with Gasteiger partial charge >= 0.3 is 0 Å². The normalized spacial score (nSPS) is 12.5. The maximum Gasteiger partial charge on any atom is 0.159 e. The van der Waals surface area contributed by atoms with Crippen LogP contribution in [0.25, 0.3) is 0 Å². The second kappa shape index (κ2) is 5.64. The lowest BCUT2D eigenvalue weighted by atomic mass is 9.95. The molecule has 0 bridgehead atoms. The maximum absolute atomic E-state index is 11.2. The zero-order valence-electron chi connectivity index (χ0n) is 9.79. The van der Waals surface area contributed by atoms with Gasteiger partial charge in [-0.05, 0) is 31.9 Å². The van der Waals surface area contributed by atoms with Gasteiger partial charge in [-0.2, -0.15) is 0 Å². The first-order valence-electron chi connectivity index (χ1n) is 5.65. The molecule has 1 aromatic rings. The number of carbonyl (C=O) groups is 1. The van der Waals surface area contributed by atoms with Gasteiger partial charge in [0.15, 0.2) is 5.78 Å². The van der Waals surface area contributed by atoms with Crippen molar-refractivity contribution in [2.24, 2.45) is 0 Å². The zero-order valence-corrected chi connectivity index (χ0v) is 9.79. The van der Waals surface area contributed by atoms with E-state index in [1.165, 1.54) is 0 Å². The van der Waals surface area contributed by atoms with Crippen molar-refractivity contribution >= 4 is 5.78 Å². The highest BCUT2D eigenvalue weighted by molar-refractivity contribution is 5.94. The van der Waals surface area contributed by atoms with Gasteiger partial charge in [0.25, 0.3) is 0 Å². The van der Waals surface area contributed by atoms with Crippen molar-refractivity contribution in [1.29, 1.82) is 0 Å². The van der Waals surface area contributed by atoms with Crippen molar-refractivity contribution in [3.8, 4) is 0 Å². The van der Waals surface area contributed by atoms with Gasteiger partial charge in [-0.15, -0.1) is 0 Å². The molecule has 0 aromatic carbocycles. The van der Waals surface area contributed by atoms with Gasteiger partial charge in [0.1, 0.15) is 0 Å². The Kier molecular flexibility index (Phi) is 4.47. The van der Waals surface area contributed by atoms with Crippen LogP contribution in [0.15, 0.2) is 18.3 Å². The molecule has 1 aromatic heterocycles. The summed E-state index contributed by atoms with van der Waals surface area (Å²) in [5.41, 5.74) is 1.83. The van der Waals surface area contributed by atoms with E-state index in [0.717, 1.165) is 30.5 Å². The molecule has 82 valence electrons. The fourth-order valence-corrected chi connectivity index (χ4v) is 1.80. The van der Waals surface area contributed by atoms with E-state index in [-0.39, 0.29) is 5.78 Å². The molecule has 1 atom stereocenters. The highest BCUT2D eigenvalue weighted by atomic mass is 16.1. The summed E-state index contributed by atoms with van der Waals surface area (Å²) in [5, 5.41) is 0. The Balaban J connectivity index is 2.92. The quantitative estimate of drug-likeness (QED) is 0.688. The van der Waals surface area contributed by atoms with Crippen LogP contribution in [0.3, 0.4) is 0 Å². The molecule has 0 amide bonds. The van der Waals surface area contributed by atoms with Crippen molar-refractivity contribution in [3.05, 3.63) is 29.6 Å². The Morgan fingerprint density at radius 2 is 2.20 bits per heavy atom. The molecule has 2 heteroatoms. The molecule has 0 aliphatic heterocycles. The first kappa shape index (κ1) is 11.9. The summed E-state index contributed by atoms with van der Waals surface area (Å²) >= 11 is 0. The van der Waals surface area contributed by atoms with Gasteiger partial charge in [-0.3, -0.25) is 9.78 Å². The SMILES string of the molecule is CCCC(CC)c1cc(C(C)=O)ccn1. The van der Waals surface area contributed by atoms with Crippen LogP contribution < -0.4 is 0 Å². The largest absolute Gasteiger partial charge is 0.295 e. The summed E-state index contributed by atoms with van der Waals surface area (Å²) in [6.45, 7) is 5.94. The Labute approximate surface area is 91.7 Å². The molecule has 15 heavy (non-hydrogen) atoms. The minimum absolute atomic E-state index is 0.116. The number of rotatable bonds is 5. The molecule has 0 fully saturated rings. The number of Topliss-reactive ketones (excluding diaryl/α,β-unsaturated/α-hetero) is 1. The fourth-order valence-electron chi connectivity index (χ4n) is 1.80. The average Bonchev–Trinajstić information content (AvgIpc) is 2.26. The molecule has 0 spiro atoms. The lowest BCUT2D eigenvalue weighted by Crippen LogP contribution is -2.02. The lowest BCUT2D eigenvalue weighted by molar-refractivity contribution is 0.101. The molecular formula is C13H19NO. The summed E-state index contributed by atoms with van der Waals surface area (Å²) in [4.78, 5) is 15.6. The average molecular weight is 205 g/mol. The lowest BCUT2D eigenvalue weighted by Gasteiger charge is -2.13. The van der Waals surface area contributed by atoms with Crippen LogP contribution in [-0.4, -0.2) is 10.8 Å². The summed E-state index contributed by atoms with van der Waals surface area (Å²) in [5.74, 6) is 0.610. The van der Waals surface area contributed by atoms with Crippen LogP contribution in [-0.2, 0) is 0 Å². The molecule has 0 radical (unpaired) electrons. The molecule has 0 N–H and O–H groups in total. The third-order valence-corrected chi connectivity index (χ3v) is 2.74. The molecule has 1 heterocycles. The molecule has 0 saturated heterocycles. The molecule has 1 rings (SSSR count). The maximum atomic E-state index is 11.2. The highest BCUT2D eigenvalue weighted by Gasteiger charge is 2.11. The number of carbonyl (C=O) groups excluding carboxylic acids is 1. The van der Waals surface area contributed by atoms with Crippen molar-refractivity contribution < 1.29 is 4.79 Å². The third-order valence-electron chi connectivity index (χ3n) is 2.74. The number of pyridine rings is 1. The Hall–Kier alpha value is -1.18. The summed E-state index contributed by atoms with van der Waals surface area (Å²) in [7, 11) is 0. The van der Waals surface area contributed by atoms with Crippen molar-refractivity contribution in [1.82, 2.24) is 4.98 Å². The Morgan fingerprint density at radius 3 is 2.73 bits per heavy atom. The molecule has 0 aliphatic carbocycles. The van der Waals surface area contributed by atoms with E-state index in [9.17, 15) is 4.79 Å². The number of ketones is 1. The summed E-state index contributed by atoms with van der Waals surface area (Å²) < 4.78 is 0. The number of aromatic nitrogens is 1. The summed E-state index contributed by atoms with van der Waals surface area (Å²) in [6.07, 6.45) is 5.13. The predicted octanol–water partition coefficient (Wildman–Crippen LogP) is 3.58. The van der Waals surface area contributed by atoms with Gasteiger partial charge < -0.3 is 0 Å². The fraction of sp³-hybridized carbons (Fsp3) is 0.538.